The van der Waals surface area contributed by atoms with Crippen LogP contribution in [0.5, 0.6) is 0 Å². The van der Waals surface area contributed by atoms with Gasteiger partial charge in [-0.25, -0.2) is 0 Å². The lowest BCUT2D eigenvalue weighted by atomic mass is 9.56. The Balaban J connectivity index is 1.38. The summed E-state index contributed by atoms with van der Waals surface area (Å²) >= 11 is 0. The van der Waals surface area contributed by atoms with Crippen LogP contribution in [0.1, 0.15) is 83.5 Å². The largest absolute Gasteiger partial charge is 0.328 e. The first kappa shape index (κ1) is 15.2. The van der Waals surface area contributed by atoms with Crippen LogP contribution < -0.4 is 5.73 Å². The van der Waals surface area contributed by atoms with Crippen molar-refractivity contribution in [1.29, 1.82) is 0 Å². The first-order valence-corrected chi connectivity index (χ1v) is 11.1. The molecule has 0 aromatic rings. The van der Waals surface area contributed by atoms with Crippen LogP contribution in [0.15, 0.2) is 0 Å². The zero-order valence-electron chi connectivity index (χ0n) is 15.0. The van der Waals surface area contributed by atoms with Crippen molar-refractivity contribution in [1.82, 2.24) is 0 Å². The summed E-state index contributed by atoms with van der Waals surface area (Å²) in [5.74, 6) is 9.02. The Morgan fingerprint density at radius 3 is 1.65 bits per heavy atom. The Morgan fingerprint density at radius 1 is 0.435 bits per heavy atom. The van der Waals surface area contributed by atoms with Gasteiger partial charge in [0, 0.05) is 6.04 Å². The molecule has 5 rings (SSSR count). The molecular formula is C22H37N. The first-order chi connectivity index (χ1) is 11.3. The molecule has 1 nitrogen and oxygen atoms in total. The van der Waals surface area contributed by atoms with E-state index in [9.17, 15) is 0 Å². The van der Waals surface area contributed by atoms with Crippen LogP contribution in [0.4, 0.5) is 0 Å². The number of fused-ring (bicyclic) bond motifs is 3. The standard InChI is InChI=1S/C22H37N/c23-15-10-8-14(9-11-15)16-12-13-21-18-5-2-1-4-17(18)20-7-3-6-19(16)22(20)21/h14-22H,1-13,23H2. The fraction of sp³-hybridized carbons (Fsp3) is 1.00. The zero-order valence-corrected chi connectivity index (χ0v) is 15.0. The second-order valence-electron chi connectivity index (χ2n) is 10.0. The highest BCUT2D eigenvalue weighted by Gasteiger charge is 2.57. The van der Waals surface area contributed by atoms with Gasteiger partial charge < -0.3 is 5.73 Å². The van der Waals surface area contributed by atoms with Crippen molar-refractivity contribution in [2.75, 3.05) is 0 Å². The molecule has 5 fully saturated rings. The lowest BCUT2D eigenvalue weighted by molar-refractivity contribution is -0.00265. The fourth-order valence-corrected chi connectivity index (χ4v) is 8.63. The minimum atomic E-state index is 0.524. The third-order valence-electron chi connectivity index (χ3n) is 9.34. The molecule has 1 heteroatoms. The number of rotatable bonds is 1. The summed E-state index contributed by atoms with van der Waals surface area (Å²) in [6, 6.07) is 0.524. The van der Waals surface area contributed by atoms with Gasteiger partial charge >= 0.3 is 0 Å². The minimum absolute atomic E-state index is 0.524. The molecule has 0 heterocycles. The number of hydrogen-bond acceptors (Lipinski definition) is 1. The van der Waals surface area contributed by atoms with Crippen molar-refractivity contribution in [3.8, 4) is 0 Å². The Morgan fingerprint density at radius 2 is 0.957 bits per heavy atom. The van der Waals surface area contributed by atoms with Gasteiger partial charge in [-0.05, 0) is 112 Å². The quantitative estimate of drug-likeness (QED) is 0.690. The van der Waals surface area contributed by atoms with E-state index in [1.165, 1.54) is 25.7 Å². The van der Waals surface area contributed by atoms with Crippen molar-refractivity contribution < 1.29 is 0 Å². The molecule has 0 aliphatic heterocycles. The maximum absolute atomic E-state index is 6.19. The van der Waals surface area contributed by atoms with Crippen molar-refractivity contribution in [3.05, 3.63) is 0 Å². The van der Waals surface area contributed by atoms with Gasteiger partial charge in [-0.1, -0.05) is 19.3 Å². The summed E-state index contributed by atoms with van der Waals surface area (Å²) in [5, 5.41) is 0. The van der Waals surface area contributed by atoms with Gasteiger partial charge in [0.2, 0.25) is 0 Å². The second kappa shape index (κ2) is 6.04. The molecule has 7 unspecified atom stereocenters. The first-order valence-electron chi connectivity index (χ1n) is 11.1. The van der Waals surface area contributed by atoms with Gasteiger partial charge in [0.15, 0.2) is 0 Å². The number of hydrogen-bond donors (Lipinski definition) is 1. The summed E-state index contributed by atoms with van der Waals surface area (Å²) in [4.78, 5) is 0. The lowest BCUT2D eigenvalue weighted by Crippen LogP contribution is -2.43. The van der Waals surface area contributed by atoms with Gasteiger partial charge in [-0.3, -0.25) is 0 Å². The monoisotopic (exact) mass is 315 g/mol. The SMILES string of the molecule is NC1CCC(C2CCC3C4CCCCC4C4CCCC2C43)CC1. The molecule has 0 bridgehead atoms. The number of nitrogens with two attached hydrogens (primary N) is 1. The van der Waals surface area contributed by atoms with Gasteiger partial charge in [-0.15, -0.1) is 0 Å². The predicted molar refractivity (Wildman–Crippen MR) is 95.9 cm³/mol. The molecule has 2 N–H and O–H groups in total. The molecule has 0 radical (unpaired) electrons. The van der Waals surface area contributed by atoms with Crippen molar-refractivity contribution in [2.45, 2.75) is 89.5 Å². The van der Waals surface area contributed by atoms with Gasteiger partial charge in [0.25, 0.3) is 0 Å². The van der Waals surface area contributed by atoms with E-state index >= 15 is 0 Å². The molecule has 5 saturated carbocycles. The van der Waals surface area contributed by atoms with Crippen LogP contribution in [0.3, 0.4) is 0 Å². The van der Waals surface area contributed by atoms with Crippen molar-refractivity contribution >= 4 is 0 Å². The van der Waals surface area contributed by atoms with E-state index < -0.39 is 0 Å². The molecule has 0 saturated heterocycles. The van der Waals surface area contributed by atoms with Crippen LogP contribution in [0.2, 0.25) is 0 Å². The van der Waals surface area contributed by atoms with E-state index in [0.717, 1.165) is 47.3 Å². The summed E-state index contributed by atoms with van der Waals surface area (Å²) < 4.78 is 0. The van der Waals surface area contributed by atoms with Crippen LogP contribution in [-0.4, -0.2) is 6.04 Å². The van der Waals surface area contributed by atoms with Gasteiger partial charge in [-0.2, -0.15) is 0 Å². The lowest BCUT2D eigenvalue weighted by Gasteiger charge is -2.50. The fourth-order valence-electron chi connectivity index (χ4n) is 8.63. The van der Waals surface area contributed by atoms with Crippen LogP contribution in [0, 0.1) is 47.3 Å². The molecular weight excluding hydrogens is 278 g/mol. The molecule has 0 aromatic heterocycles. The van der Waals surface area contributed by atoms with Crippen LogP contribution >= 0.6 is 0 Å². The van der Waals surface area contributed by atoms with E-state index in [1.807, 2.05) is 0 Å². The molecule has 0 spiro atoms. The van der Waals surface area contributed by atoms with Crippen molar-refractivity contribution in [2.24, 2.45) is 53.1 Å². The highest BCUT2D eigenvalue weighted by atomic mass is 14.7. The predicted octanol–water partition coefficient (Wildman–Crippen LogP) is 5.38. The molecule has 5 aliphatic rings. The van der Waals surface area contributed by atoms with Crippen molar-refractivity contribution in [3.63, 3.8) is 0 Å². The normalized spacial score (nSPS) is 56.0. The Hall–Kier alpha value is -0.0400. The summed E-state index contributed by atoms with van der Waals surface area (Å²) in [5.41, 5.74) is 6.19. The molecule has 130 valence electrons. The van der Waals surface area contributed by atoms with Gasteiger partial charge in [0.1, 0.15) is 0 Å². The van der Waals surface area contributed by atoms with Crippen LogP contribution in [0.25, 0.3) is 0 Å². The Kier molecular flexibility index (Phi) is 4.00. The Bertz CT molecular complexity index is 410. The van der Waals surface area contributed by atoms with Gasteiger partial charge in [0.05, 0.1) is 0 Å². The van der Waals surface area contributed by atoms with E-state index in [1.54, 1.807) is 57.8 Å². The zero-order chi connectivity index (χ0) is 15.4. The molecule has 23 heavy (non-hydrogen) atoms. The average Bonchev–Trinajstić information content (AvgIpc) is 2.93. The highest BCUT2D eigenvalue weighted by Crippen LogP contribution is 2.64. The molecule has 0 amide bonds. The maximum Gasteiger partial charge on any atom is 0.00390 e. The molecule has 0 aromatic carbocycles. The molecule has 5 aliphatic carbocycles. The second-order valence-corrected chi connectivity index (χ2v) is 10.0. The van der Waals surface area contributed by atoms with E-state index in [-0.39, 0.29) is 0 Å². The minimum Gasteiger partial charge on any atom is -0.328 e. The third-order valence-corrected chi connectivity index (χ3v) is 9.34. The highest BCUT2D eigenvalue weighted by molar-refractivity contribution is 5.06. The van der Waals surface area contributed by atoms with E-state index in [0.29, 0.717) is 6.04 Å². The summed E-state index contributed by atoms with van der Waals surface area (Å²) in [6.07, 6.45) is 19.8. The van der Waals surface area contributed by atoms with E-state index in [2.05, 4.69) is 0 Å². The summed E-state index contributed by atoms with van der Waals surface area (Å²) in [7, 11) is 0. The topological polar surface area (TPSA) is 26.0 Å². The van der Waals surface area contributed by atoms with Crippen LogP contribution in [-0.2, 0) is 0 Å². The average molecular weight is 316 g/mol. The third kappa shape index (κ3) is 2.43. The van der Waals surface area contributed by atoms with E-state index in [4.69, 9.17) is 5.73 Å². The maximum atomic E-state index is 6.19. The Labute approximate surface area is 143 Å². The molecule has 7 atom stereocenters. The smallest absolute Gasteiger partial charge is 0.00390 e. The summed E-state index contributed by atoms with van der Waals surface area (Å²) in [6.45, 7) is 0.